The molecule has 0 spiro atoms. The number of methoxy groups -OCH3 is 1. The van der Waals surface area contributed by atoms with Gasteiger partial charge in [-0.2, -0.15) is 0 Å². The lowest BCUT2D eigenvalue weighted by Crippen LogP contribution is -2.48. The molecule has 0 radical (unpaired) electrons. The third-order valence-electron chi connectivity index (χ3n) is 3.22. The van der Waals surface area contributed by atoms with Crippen LogP contribution in [0.1, 0.15) is 35.4 Å². The maximum absolute atomic E-state index is 12.3. The molecule has 6 heteroatoms. The molecule has 0 N–H and O–H groups in total. The van der Waals surface area contributed by atoms with Crippen LogP contribution in [0, 0.1) is 6.92 Å². The lowest BCUT2D eigenvalue weighted by molar-refractivity contribution is -0.147. The lowest BCUT2D eigenvalue weighted by Gasteiger charge is -2.33. The van der Waals surface area contributed by atoms with Crippen LogP contribution >= 0.6 is 0 Å². The van der Waals surface area contributed by atoms with Crippen LogP contribution in [0.5, 0.6) is 0 Å². The number of nitrogens with zero attached hydrogens (tertiary/aromatic N) is 2. The molecule has 1 atom stereocenters. The first kappa shape index (κ1) is 12.6. The topological polar surface area (TPSA) is 72.6 Å². The van der Waals surface area contributed by atoms with E-state index in [1.807, 2.05) is 0 Å². The van der Waals surface area contributed by atoms with Crippen molar-refractivity contribution in [3.63, 3.8) is 0 Å². The molecular formula is C12H16N2O4. The van der Waals surface area contributed by atoms with Gasteiger partial charge in [-0.3, -0.25) is 4.79 Å². The summed E-state index contributed by atoms with van der Waals surface area (Å²) in [5, 5.41) is 3.59. The molecule has 18 heavy (non-hydrogen) atoms. The molecule has 1 aliphatic heterocycles. The van der Waals surface area contributed by atoms with E-state index in [1.165, 1.54) is 13.3 Å². The Morgan fingerprint density at radius 1 is 1.50 bits per heavy atom. The number of ether oxygens (including phenoxy) is 1. The van der Waals surface area contributed by atoms with Crippen LogP contribution in [-0.2, 0) is 9.53 Å². The zero-order valence-corrected chi connectivity index (χ0v) is 10.5. The van der Waals surface area contributed by atoms with Gasteiger partial charge in [0, 0.05) is 6.54 Å². The average molecular weight is 252 g/mol. The van der Waals surface area contributed by atoms with Gasteiger partial charge in [-0.15, -0.1) is 0 Å². The third kappa shape index (κ3) is 2.23. The molecule has 0 saturated carbocycles. The predicted octanol–water partition coefficient (Wildman–Crippen LogP) is 1.15. The van der Waals surface area contributed by atoms with Gasteiger partial charge in [0.15, 0.2) is 0 Å². The maximum atomic E-state index is 12.3. The molecule has 1 aliphatic rings. The van der Waals surface area contributed by atoms with E-state index in [4.69, 9.17) is 9.26 Å². The van der Waals surface area contributed by atoms with Gasteiger partial charge in [0.1, 0.15) is 17.4 Å². The molecule has 2 heterocycles. The van der Waals surface area contributed by atoms with Crippen molar-refractivity contribution in [3.05, 3.63) is 17.5 Å². The average Bonchev–Trinajstić information content (AvgIpc) is 2.83. The summed E-state index contributed by atoms with van der Waals surface area (Å²) in [7, 11) is 1.34. The second-order valence-corrected chi connectivity index (χ2v) is 4.33. The first-order chi connectivity index (χ1) is 8.65. The zero-order valence-electron chi connectivity index (χ0n) is 10.5. The molecule has 0 aromatic carbocycles. The number of carbonyl (C=O) groups is 2. The highest BCUT2D eigenvalue weighted by molar-refractivity contribution is 5.97. The quantitative estimate of drug-likeness (QED) is 0.738. The number of rotatable bonds is 2. The number of carbonyl (C=O) groups excluding carboxylic acids is 2. The van der Waals surface area contributed by atoms with Crippen molar-refractivity contribution in [1.29, 1.82) is 0 Å². The Morgan fingerprint density at radius 2 is 2.28 bits per heavy atom. The summed E-state index contributed by atoms with van der Waals surface area (Å²) in [6.07, 6.45) is 3.85. The fraction of sp³-hybridized carbons (Fsp3) is 0.583. The van der Waals surface area contributed by atoms with Crippen LogP contribution in [0.2, 0.25) is 0 Å². The molecule has 98 valence electrons. The SMILES string of the molecule is COC(=O)[C@H]1CCCCN1C(=O)c1cnoc1C. The molecule has 1 aromatic heterocycles. The first-order valence-electron chi connectivity index (χ1n) is 5.95. The van der Waals surface area contributed by atoms with Gasteiger partial charge >= 0.3 is 5.97 Å². The van der Waals surface area contributed by atoms with E-state index in [0.717, 1.165) is 12.8 Å². The maximum Gasteiger partial charge on any atom is 0.328 e. The fourth-order valence-electron chi connectivity index (χ4n) is 2.21. The number of amides is 1. The molecule has 6 nitrogen and oxygen atoms in total. The normalized spacial score (nSPS) is 19.7. The Morgan fingerprint density at radius 3 is 2.89 bits per heavy atom. The molecule has 0 unspecified atom stereocenters. The van der Waals surface area contributed by atoms with Gasteiger partial charge < -0.3 is 14.2 Å². The molecule has 0 bridgehead atoms. The number of hydrogen-bond acceptors (Lipinski definition) is 5. The Kier molecular flexibility index (Phi) is 3.64. The number of aryl methyl sites for hydroxylation is 1. The number of aromatic nitrogens is 1. The highest BCUT2D eigenvalue weighted by atomic mass is 16.5. The third-order valence-corrected chi connectivity index (χ3v) is 3.22. The van der Waals surface area contributed by atoms with E-state index < -0.39 is 6.04 Å². The van der Waals surface area contributed by atoms with E-state index in [9.17, 15) is 9.59 Å². The second-order valence-electron chi connectivity index (χ2n) is 4.33. The van der Waals surface area contributed by atoms with Crippen molar-refractivity contribution >= 4 is 11.9 Å². The molecule has 1 fully saturated rings. The van der Waals surface area contributed by atoms with Crippen molar-refractivity contribution in [1.82, 2.24) is 10.1 Å². The minimum Gasteiger partial charge on any atom is -0.467 e. The molecule has 0 aliphatic carbocycles. The standard InChI is InChI=1S/C12H16N2O4/c1-8-9(7-13-18-8)11(15)14-6-4-3-5-10(14)12(16)17-2/h7,10H,3-6H2,1-2H3/t10-/m1/s1. The van der Waals surface area contributed by atoms with Gasteiger partial charge in [-0.1, -0.05) is 5.16 Å². The molecule has 1 aromatic rings. The van der Waals surface area contributed by atoms with E-state index in [0.29, 0.717) is 24.3 Å². The smallest absolute Gasteiger partial charge is 0.328 e. The Bertz CT molecular complexity index is 455. The van der Waals surface area contributed by atoms with E-state index in [1.54, 1.807) is 11.8 Å². The minimum atomic E-state index is -0.495. The van der Waals surface area contributed by atoms with Crippen LogP contribution in [0.4, 0.5) is 0 Å². The van der Waals surface area contributed by atoms with Crippen molar-refractivity contribution < 1.29 is 18.8 Å². The summed E-state index contributed by atoms with van der Waals surface area (Å²) in [5.41, 5.74) is 0.408. The number of esters is 1. The van der Waals surface area contributed by atoms with E-state index in [-0.39, 0.29) is 11.9 Å². The molecule has 1 saturated heterocycles. The largest absolute Gasteiger partial charge is 0.467 e. The predicted molar refractivity (Wildman–Crippen MR) is 61.9 cm³/mol. The minimum absolute atomic E-state index is 0.219. The summed E-state index contributed by atoms with van der Waals surface area (Å²) in [5.74, 6) is -0.116. The van der Waals surface area contributed by atoms with Crippen LogP contribution in [0.25, 0.3) is 0 Å². The van der Waals surface area contributed by atoms with Gasteiger partial charge in [0.05, 0.1) is 13.3 Å². The van der Waals surface area contributed by atoms with Gasteiger partial charge in [0.2, 0.25) is 0 Å². The van der Waals surface area contributed by atoms with E-state index in [2.05, 4.69) is 5.16 Å². The van der Waals surface area contributed by atoms with Crippen LogP contribution in [0.3, 0.4) is 0 Å². The van der Waals surface area contributed by atoms with Crippen molar-refractivity contribution in [2.24, 2.45) is 0 Å². The first-order valence-corrected chi connectivity index (χ1v) is 5.95. The molecule has 2 rings (SSSR count). The van der Waals surface area contributed by atoms with Crippen molar-refractivity contribution in [2.75, 3.05) is 13.7 Å². The highest BCUT2D eigenvalue weighted by Gasteiger charge is 2.34. The highest BCUT2D eigenvalue weighted by Crippen LogP contribution is 2.21. The summed E-state index contributed by atoms with van der Waals surface area (Å²) in [6, 6.07) is -0.495. The van der Waals surface area contributed by atoms with Gasteiger partial charge in [-0.25, -0.2) is 4.79 Å². The fourth-order valence-corrected chi connectivity index (χ4v) is 2.21. The molecular weight excluding hydrogens is 236 g/mol. The van der Waals surface area contributed by atoms with Crippen LogP contribution < -0.4 is 0 Å². The second kappa shape index (κ2) is 5.20. The zero-order chi connectivity index (χ0) is 13.1. The molecule has 1 amide bonds. The van der Waals surface area contributed by atoms with Crippen molar-refractivity contribution in [2.45, 2.75) is 32.2 Å². The summed E-state index contributed by atoms with van der Waals surface area (Å²) >= 11 is 0. The number of likely N-dealkylation sites (tertiary alicyclic amines) is 1. The number of hydrogen-bond donors (Lipinski definition) is 0. The van der Waals surface area contributed by atoms with Crippen LogP contribution in [0.15, 0.2) is 10.7 Å². The van der Waals surface area contributed by atoms with Gasteiger partial charge in [-0.05, 0) is 26.2 Å². The monoisotopic (exact) mass is 252 g/mol. The van der Waals surface area contributed by atoms with Crippen molar-refractivity contribution in [3.8, 4) is 0 Å². The Hall–Kier alpha value is -1.85. The summed E-state index contributed by atoms with van der Waals surface area (Å²) in [6.45, 7) is 2.24. The number of piperidine rings is 1. The summed E-state index contributed by atoms with van der Waals surface area (Å²) in [4.78, 5) is 25.6. The summed E-state index contributed by atoms with van der Waals surface area (Å²) < 4.78 is 9.63. The van der Waals surface area contributed by atoms with Gasteiger partial charge in [0.25, 0.3) is 5.91 Å². The van der Waals surface area contributed by atoms with E-state index >= 15 is 0 Å². The lowest BCUT2D eigenvalue weighted by atomic mass is 10.0. The Labute approximate surface area is 105 Å². The van der Waals surface area contributed by atoms with Crippen LogP contribution in [-0.4, -0.2) is 41.6 Å². The Balaban J connectivity index is 2.21.